The summed E-state index contributed by atoms with van der Waals surface area (Å²) < 4.78 is 0. The van der Waals surface area contributed by atoms with Crippen molar-refractivity contribution in [2.24, 2.45) is 5.92 Å². The summed E-state index contributed by atoms with van der Waals surface area (Å²) in [5, 5.41) is 1.29. The molecule has 0 N–H and O–H groups in total. The first-order valence-corrected chi connectivity index (χ1v) is 12.0. The van der Waals surface area contributed by atoms with E-state index in [4.69, 9.17) is 4.84 Å². The number of carbonyl (C=O) groups excluding carboxylic acids is 2. The Morgan fingerprint density at radius 2 is 1.73 bits per heavy atom. The molecule has 5 heteroatoms. The largest absolute Gasteiger partial charge is 0.334 e. The van der Waals surface area contributed by atoms with Gasteiger partial charge in [0.2, 0.25) is 5.91 Å². The van der Waals surface area contributed by atoms with E-state index in [0.717, 1.165) is 29.7 Å². The lowest BCUT2D eigenvalue weighted by molar-refractivity contribution is -0.169. The van der Waals surface area contributed by atoms with Crippen LogP contribution in [0.1, 0.15) is 78.2 Å². The highest BCUT2D eigenvalue weighted by Crippen LogP contribution is 2.32. The Kier molecular flexibility index (Phi) is 9.66. The predicted octanol–water partition coefficient (Wildman–Crippen LogP) is 5.68. The summed E-state index contributed by atoms with van der Waals surface area (Å²) in [6.07, 6.45) is 1.25. The van der Waals surface area contributed by atoms with Crippen molar-refractivity contribution >= 4 is 11.8 Å². The number of hydrogen-bond acceptors (Lipinski definition) is 3. The molecule has 0 radical (unpaired) electrons. The van der Waals surface area contributed by atoms with Crippen LogP contribution in [0.4, 0.5) is 0 Å². The van der Waals surface area contributed by atoms with Crippen LogP contribution in [0.15, 0.2) is 36.4 Å². The molecule has 180 valence electrons. The molecule has 1 aliphatic rings. The molecule has 1 atom stereocenters. The molecular formula is C28H40N2O3. The Labute approximate surface area is 199 Å². The Morgan fingerprint density at radius 3 is 2.33 bits per heavy atom. The van der Waals surface area contributed by atoms with Crippen molar-refractivity contribution in [2.75, 3.05) is 20.7 Å². The van der Waals surface area contributed by atoms with Crippen LogP contribution in [-0.4, -0.2) is 42.5 Å². The third kappa shape index (κ3) is 6.44. The normalized spacial score (nSPS) is 13.7. The van der Waals surface area contributed by atoms with Crippen LogP contribution in [0.25, 0.3) is 0 Å². The van der Waals surface area contributed by atoms with Crippen molar-refractivity contribution in [3.8, 4) is 0 Å². The number of hydroxylamine groups is 2. The van der Waals surface area contributed by atoms with E-state index in [9.17, 15) is 9.59 Å². The van der Waals surface area contributed by atoms with Crippen molar-refractivity contribution < 1.29 is 14.4 Å². The van der Waals surface area contributed by atoms with E-state index in [-0.39, 0.29) is 17.7 Å². The molecule has 0 saturated carbocycles. The number of aryl methyl sites for hydroxylation is 2. The summed E-state index contributed by atoms with van der Waals surface area (Å²) in [6, 6.07) is 12.4. The number of fused-ring (bicyclic) bond motifs is 1. The van der Waals surface area contributed by atoms with Gasteiger partial charge in [0.05, 0.1) is 7.11 Å². The van der Waals surface area contributed by atoms with Crippen molar-refractivity contribution in [3.63, 3.8) is 0 Å². The SMILES string of the molecule is CC.CON(C)C(=O)CC(c1ccc2c(c1)CN(C(=O)c1ccc(C)c(C)c1)CC2)C(C)C. The van der Waals surface area contributed by atoms with Crippen molar-refractivity contribution in [3.05, 3.63) is 69.8 Å². The lowest BCUT2D eigenvalue weighted by Gasteiger charge is -2.31. The Balaban J connectivity index is 0.00000187. The Bertz CT molecular complexity index is 968. The van der Waals surface area contributed by atoms with Crippen LogP contribution < -0.4 is 0 Å². The fourth-order valence-electron chi connectivity index (χ4n) is 4.19. The van der Waals surface area contributed by atoms with Crippen LogP contribution >= 0.6 is 0 Å². The Morgan fingerprint density at radius 1 is 1.03 bits per heavy atom. The van der Waals surface area contributed by atoms with Crippen LogP contribution in [0, 0.1) is 19.8 Å². The molecule has 2 aromatic carbocycles. The molecule has 33 heavy (non-hydrogen) atoms. The molecule has 3 rings (SSSR count). The average Bonchev–Trinajstić information content (AvgIpc) is 2.83. The summed E-state index contributed by atoms with van der Waals surface area (Å²) in [7, 11) is 3.14. The minimum atomic E-state index is -0.0366. The predicted molar refractivity (Wildman–Crippen MR) is 134 cm³/mol. The molecule has 1 unspecified atom stereocenters. The zero-order chi connectivity index (χ0) is 24.7. The van der Waals surface area contributed by atoms with Crippen LogP contribution in [0.5, 0.6) is 0 Å². The first kappa shape index (κ1) is 26.6. The summed E-state index contributed by atoms with van der Waals surface area (Å²) >= 11 is 0. The number of carbonyl (C=O) groups is 2. The first-order valence-electron chi connectivity index (χ1n) is 12.0. The van der Waals surface area contributed by atoms with Gasteiger partial charge in [0.15, 0.2) is 0 Å². The molecule has 2 amide bonds. The van der Waals surface area contributed by atoms with Gasteiger partial charge in [-0.05, 0) is 72.1 Å². The summed E-state index contributed by atoms with van der Waals surface area (Å²) in [5.74, 6) is 0.451. The van der Waals surface area contributed by atoms with Gasteiger partial charge in [0.1, 0.15) is 0 Å². The number of amides is 2. The highest BCUT2D eigenvalue weighted by molar-refractivity contribution is 5.94. The quantitative estimate of drug-likeness (QED) is 0.530. The second-order valence-corrected chi connectivity index (χ2v) is 8.93. The second kappa shape index (κ2) is 12.0. The van der Waals surface area contributed by atoms with E-state index in [0.29, 0.717) is 18.9 Å². The van der Waals surface area contributed by atoms with E-state index < -0.39 is 0 Å². The van der Waals surface area contributed by atoms with Gasteiger partial charge in [-0.2, -0.15) is 0 Å². The van der Waals surface area contributed by atoms with Gasteiger partial charge in [-0.1, -0.05) is 52.0 Å². The molecule has 1 aliphatic heterocycles. The highest BCUT2D eigenvalue weighted by atomic mass is 16.7. The van der Waals surface area contributed by atoms with E-state index in [1.54, 1.807) is 7.05 Å². The maximum Gasteiger partial charge on any atom is 0.254 e. The maximum absolute atomic E-state index is 13.1. The van der Waals surface area contributed by atoms with Crippen molar-refractivity contribution in [2.45, 2.75) is 66.8 Å². The molecule has 0 saturated heterocycles. The van der Waals surface area contributed by atoms with Crippen molar-refractivity contribution in [1.82, 2.24) is 9.96 Å². The minimum Gasteiger partial charge on any atom is -0.334 e. The molecular weight excluding hydrogens is 412 g/mol. The van der Waals surface area contributed by atoms with Gasteiger partial charge < -0.3 is 4.90 Å². The molecule has 0 aromatic heterocycles. The zero-order valence-corrected chi connectivity index (χ0v) is 21.6. The number of hydrogen-bond donors (Lipinski definition) is 0. The number of nitrogens with zero attached hydrogens (tertiary/aromatic N) is 2. The zero-order valence-electron chi connectivity index (χ0n) is 21.6. The maximum atomic E-state index is 13.1. The molecule has 2 aromatic rings. The van der Waals surface area contributed by atoms with Crippen LogP contribution in [0.3, 0.4) is 0 Å². The molecule has 0 spiro atoms. The van der Waals surface area contributed by atoms with Gasteiger partial charge >= 0.3 is 0 Å². The van der Waals surface area contributed by atoms with E-state index >= 15 is 0 Å². The topological polar surface area (TPSA) is 49.9 Å². The molecule has 0 aliphatic carbocycles. The molecule has 5 nitrogen and oxygen atoms in total. The summed E-state index contributed by atoms with van der Waals surface area (Å²) in [6.45, 7) is 13.7. The highest BCUT2D eigenvalue weighted by Gasteiger charge is 2.26. The van der Waals surface area contributed by atoms with Gasteiger partial charge in [0.25, 0.3) is 5.91 Å². The van der Waals surface area contributed by atoms with Gasteiger partial charge in [-0.3, -0.25) is 14.4 Å². The molecule has 0 bridgehead atoms. The van der Waals surface area contributed by atoms with E-state index in [1.165, 1.54) is 28.9 Å². The summed E-state index contributed by atoms with van der Waals surface area (Å²) in [4.78, 5) is 32.6. The second-order valence-electron chi connectivity index (χ2n) is 8.93. The lowest BCUT2D eigenvalue weighted by Crippen LogP contribution is -2.36. The number of benzene rings is 2. The fourth-order valence-corrected chi connectivity index (χ4v) is 4.19. The van der Waals surface area contributed by atoms with Gasteiger partial charge in [0, 0.05) is 32.1 Å². The monoisotopic (exact) mass is 452 g/mol. The van der Waals surface area contributed by atoms with Crippen LogP contribution in [-0.2, 0) is 22.6 Å². The molecule has 1 heterocycles. The third-order valence-electron chi connectivity index (χ3n) is 6.54. The van der Waals surface area contributed by atoms with E-state index in [2.05, 4.69) is 39.0 Å². The van der Waals surface area contributed by atoms with E-state index in [1.807, 2.05) is 43.9 Å². The van der Waals surface area contributed by atoms with Gasteiger partial charge in [-0.25, -0.2) is 5.06 Å². The standard InChI is InChI=1S/C26H34N2O3.C2H6/c1-17(2)24(15-25(29)27(5)31-6)21-10-9-20-11-12-28(16-23(20)14-21)26(30)22-8-7-18(3)19(4)13-22;1-2/h7-10,13-14,17,24H,11-12,15-16H2,1-6H3;1-2H3. The number of rotatable bonds is 6. The van der Waals surface area contributed by atoms with Crippen LogP contribution in [0.2, 0.25) is 0 Å². The molecule has 0 fully saturated rings. The van der Waals surface area contributed by atoms with Crippen molar-refractivity contribution in [1.29, 1.82) is 0 Å². The third-order valence-corrected chi connectivity index (χ3v) is 6.54. The first-order chi connectivity index (χ1) is 15.7. The smallest absolute Gasteiger partial charge is 0.254 e. The fraction of sp³-hybridized carbons (Fsp3) is 0.500. The Hall–Kier alpha value is -2.66. The minimum absolute atomic E-state index is 0.0366. The average molecular weight is 453 g/mol. The lowest BCUT2D eigenvalue weighted by atomic mass is 9.83. The summed E-state index contributed by atoms with van der Waals surface area (Å²) in [5.41, 5.74) is 6.69. The van der Waals surface area contributed by atoms with Gasteiger partial charge in [-0.15, -0.1) is 0 Å².